The van der Waals surface area contributed by atoms with Crippen molar-refractivity contribution in [3.8, 4) is 0 Å². The number of rotatable bonds is 7. The molecule has 0 aliphatic heterocycles. The van der Waals surface area contributed by atoms with Crippen LogP contribution in [-0.2, 0) is 10.0 Å². The molecule has 3 aromatic carbocycles. The van der Waals surface area contributed by atoms with Crippen LogP contribution in [0.5, 0.6) is 0 Å². The van der Waals surface area contributed by atoms with Crippen LogP contribution < -0.4 is 10.0 Å². The van der Waals surface area contributed by atoms with Gasteiger partial charge in [-0.2, -0.15) is 0 Å². The van der Waals surface area contributed by atoms with Gasteiger partial charge in [0.25, 0.3) is 27.3 Å². The Hall–Kier alpha value is -4.32. The first kappa shape index (κ1) is 21.4. The van der Waals surface area contributed by atoms with Gasteiger partial charge in [-0.3, -0.25) is 29.7 Å². The maximum atomic E-state index is 12.6. The standard InChI is InChI=1S/C19H14N4O7S/c24-19(20-14-5-2-7-16(11-14)22(25)26)13-4-1-9-18(10-13)31(29,30)21-15-6-3-8-17(12-15)23(27)28/h1-12,21H,(H,20,24). The minimum absolute atomic E-state index is 0.00609. The van der Waals surface area contributed by atoms with Crippen LogP contribution in [0.3, 0.4) is 0 Å². The highest BCUT2D eigenvalue weighted by Crippen LogP contribution is 2.22. The third-order valence-corrected chi connectivity index (χ3v) is 5.41. The Bertz CT molecular complexity index is 1290. The summed E-state index contributed by atoms with van der Waals surface area (Å²) in [5, 5.41) is 24.2. The van der Waals surface area contributed by atoms with Crippen LogP contribution in [0.1, 0.15) is 10.4 Å². The summed E-state index contributed by atoms with van der Waals surface area (Å²) < 4.78 is 27.5. The summed E-state index contributed by atoms with van der Waals surface area (Å²) in [6, 6.07) is 15.4. The van der Waals surface area contributed by atoms with E-state index in [9.17, 15) is 33.4 Å². The fourth-order valence-electron chi connectivity index (χ4n) is 2.60. The van der Waals surface area contributed by atoms with Gasteiger partial charge in [0, 0.05) is 35.5 Å². The van der Waals surface area contributed by atoms with Crippen LogP contribution in [0.2, 0.25) is 0 Å². The molecule has 0 heterocycles. The number of carbonyl (C=O) groups excluding carboxylic acids is 1. The third kappa shape index (κ3) is 5.19. The minimum atomic E-state index is -4.14. The molecule has 0 saturated heterocycles. The average Bonchev–Trinajstić information content (AvgIpc) is 2.74. The lowest BCUT2D eigenvalue weighted by molar-refractivity contribution is -0.385. The summed E-state index contributed by atoms with van der Waals surface area (Å²) in [4.78, 5) is 32.7. The number of amides is 1. The van der Waals surface area contributed by atoms with Crippen LogP contribution in [0.25, 0.3) is 0 Å². The number of benzene rings is 3. The fraction of sp³-hybridized carbons (Fsp3) is 0. The van der Waals surface area contributed by atoms with E-state index in [-0.39, 0.29) is 33.2 Å². The highest BCUT2D eigenvalue weighted by atomic mass is 32.2. The summed E-state index contributed by atoms with van der Waals surface area (Å²) in [6.45, 7) is 0. The smallest absolute Gasteiger partial charge is 0.271 e. The van der Waals surface area contributed by atoms with Gasteiger partial charge in [-0.05, 0) is 30.3 Å². The van der Waals surface area contributed by atoms with E-state index in [1.807, 2.05) is 0 Å². The van der Waals surface area contributed by atoms with E-state index in [1.54, 1.807) is 0 Å². The number of hydrogen-bond acceptors (Lipinski definition) is 7. The molecule has 0 atom stereocenters. The summed E-state index contributed by atoms with van der Waals surface area (Å²) in [5.74, 6) is -0.673. The van der Waals surface area contributed by atoms with Crippen LogP contribution in [0, 0.1) is 20.2 Å². The van der Waals surface area contributed by atoms with E-state index in [0.717, 1.165) is 12.1 Å². The van der Waals surface area contributed by atoms with Crippen molar-refractivity contribution in [3.63, 3.8) is 0 Å². The molecule has 0 aromatic heterocycles. The number of hydrogen-bond donors (Lipinski definition) is 2. The fourth-order valence-corrected chi connectivity index (χ4v) is 3.70. The highest BCUT2D eigenvalue weighted by molar-refractivity contribution is 7.92. The summed E-state index contributed by atoms with van der Waals surface area (Å²) >= 11 is 0. The summed E-state index contributed by atoms with van der Waals surface area (Å²) in [5.41, 5.74) is -0.350. The zero-order valence-electron chi connectivity index (χ0n) is 15.6. The van der Waals surface area contributed by atoms with E-state index in [2.05, 4.69) is 10.0 Å². The van der Waals surface area contributed by atoms with Crippen LogP contribution in [0.15, 0.2) is 77.7 Å². The van der Waals surface area contributed by atoms with Crippen molar-refractivity contribution in [3.05, 3.63) is 98.6 Å². The van der Waals surface area contributed by atoms with Crippen molar-refractivity contribution >= 4 is 38.7 Å². The van der Waals surface area contributed by atoms with Crippen molar-refractivity contribution in [2.45, 2.75) is 4.90 Å². The van der Waals surface area contributed by atoms with Crippen LogP contribution in [-0.4, -0.2) is 24.2 Å². The Kier molecular flexibility index (Phi) is 5.93. The Balaban J connectivity index is 1.82. The number of nitro groups is 2. The van der Waals surface area contributed by atoms with Gasteiger partial charge in [0.2, 0.25) is 0 Å². The molecule has 12 heteroatoms. The molecule has 0 aliphatic rings. The number of sulfonamides is 1. The molecular weight excluding hydrogens is 428 g/mol. The monoisotopic (exact) mass is 442 g/mol. The number of anilines is 2. The molecule has 31 heavy (non-hydrogen) atoms. The lowest BCUT2D eigenvalue weighted by Gasteiger charge is -2.10. The van der Waals surface area contributed by atoms with Gasteiger partial charge in [-0.1, -0.05) is 18.2 Å². The Morgan fingerprint density at radius 3 is 1.94 bits per heavy atom. The van der Waals surface area contributed by atoms with E-state index in [4.69, 9.17) is 0 Å². The Labute approximate surface area is 175 Å². The molecule has 2 N–H and O–H groups in total. The largest absolute Gasteiger partial charge is 0.322 e. The molecule has 1 amide bonds. The topological polar surface area (TPSA) is 162 Å². The van der Waals surface area contributed by atoms with Crippen molar-refractivity contribution in [2.75, 3.05) is 10.0 Å². The van der Waals surface area contributed by atoms with Crippen molar-refractivity contribution in [1.82, 2.24) is 0 Å². The molecule has 0 aliphatic carbocycles. The van der Waals surface area contributed by atoms with Gasteiger partial charge in [-0.15, -0.1) is 0 Å². The molecule has 0 bridgehead atoms. The van der Waals surface area contributed by atoms with Gasteiger partial charge in [0.15, 0.2) is 0 Å². The summed E-state index contributed by atoms with van der Waals surface area (Å²) in [7, 11) is -4.14. The predicted molar refractivity (Wildman–Crippen MR) is 111 cm³/mol. The molecule has 0 spiro atoms. The molecule has 3 rings (SSSR count). The molecule has 3 aromatic rings. The molecule has 0 saturated carbocycles. The van der Waals surface area contributed by atoms with Crippen LogP contribution >= 0.6 is 0 Å². The molecule has 0 fully saturated rings. The quantitative estimate of drug-likeness (QED) is 0.417. The molecule has 0 radical (unpaired) electrons. The Morgan fingerprint density at radius 2 is 1.32 bits per heavy atom. The predicted octanol–water partition coefficient (Wildman–Crippen LogP) is 3.56. The second-order valence-electron chi connectivity index (χ2n) is 6.20. The number of carbonyl (C=O) groups is 1. The van der Waals surface area contributed by atoms with Gasteiger partial charge in [0.05, 0.1) is 20.4 Å². The van der Waals surface area contributed by atoms with Gasteiger partial charge in [0.1, 0.15) is 0 Å². The molecule has 11 nitrogen and oxygen atoms in total. The first-order chi connectivity index (χ1) is 14.7. The Morgan fingerprint density at radius 1 is 0.774 bits per heavy atom. The van der Waals surface area contributed by atoms with Gasteiger partial charge < -0.3 is 5.32 Å². The number of nitrogens with zero attached hydrogens (tertiary/aromatic N) is 2. The lowest BCUT2D eigenvalue weighted by atomic mass is 10.2. The van der Waals surface area contributed by atoms with E-state index < -0.39 is 25.8 Å². The maximum Gasteiger partial charge on any atom is 0.271 e. The van der Waals surface area contributed by atoms with E-state index in [1.165, 1.54) is 60.7 Å². The number of non-ortho nitro benzene ring substituents is 2. The van der Waals surface area contributed by atoms with Gasteiger partial charge in [-0.25, -0.2) is 8.42 Å². The SMILES string of the molecule is O=C(Nc1cccc([N+](=O)[O-])c1)c1cccc(S(=O)(=O)Nc2cccc([N+](=O)[O-])c2)c1. The second kappa shape index (κ2) is 8.59. The van der Waals surface area contributed by atoms with Gasteiger partial charge >= 0.3 is 0 Å². The first-order valence-electron chi connectivity index (χ1n) is 8.59. The maximum absolute atomic E-state index is 12.6. The normalized spacial score (nSPS) is 10.8. The highest BCUT2D eigenvalue weighted by Gasteiger charge is 2.18. The van der Waals surface area contributed by atoms with Crippen molar-refractivity contribution in [2.24, 2.45) is 0 Å². The number of nitrogens with one attached hydrogen (secondary N) is 2. The third-order valence-electron chi connectivity index (χ3n) is 4.03. The van der Waals surface area contributed by atoms with E-state index in [0.29, 0.717) is 0 Å². The van der Waals surface area contributed by atoms with Crippen LogP contribution in [0.4, 0.5) is 22.7 Å². The number of nitro benzene ring substituents is 2. The lowest BCUT2D eigenvalue weighted by Crippen LogP contribution is -2.16. The van der Waals surface area contributed by atoms with Crippen molar-refractivity contribution in [1.29, 1.82) is 0 Å². The zero-order valence-corrected chi connectivity index (χ0v) is 16.4. The molecular formula is C19H14N4O7S. The first-order valence-corrected chi connectivity index (χ1v) is 10.1. The molecule has 0 unspecified atom stereocenters. The summed E-state index contributed by atoms with van der Waals surface area (Å²) in [6.07, 6.45) is 0. The minimum Gasteiger partial charge on any atom is -0.322 e. The molecule has 158 valence electrons. The second-order valence-corrected chi connectivity index (χ2v) is 7.88. The van der Waals surface area contributed by atoms with Crippen molar-refractivity contribution < 1.29 is 23.1 Å². The van der Waals surface area contributed by atoms with E-state index >= 15 is 0 Å². The average molecular weight is 442 g/mol. The zero-order chi connectivity index (χ0) is 22.6.